The number of aliphatic hydroxyl groups is 1. The Morgan fingerprint density at radius 1 is 1.50 bits per heavy atom. The molecular weight excluding hydrogens is 244 g/mol. The smallest absolute Gasteiger partial charge is 0.122 e. The number of benzene rings is 1. The van der Waals surface area contributed by atoms with Gasteiger partial charge in [0.15, 0.2) is 0 Å². The fourth-order valence-corrected chi connectivity index (χ4v) is 3.87. The molecule has 0 radical (unpaired) electrons. The quantitative estimate of drug-likeness (QED) is 0.907. The highest BCUT2D eigenvalue weighted by molar-refractivity contribution is 8.00. The van der Waals surface area contributed by atoms with Crippen molar-refractivity contribution in [3.8, 4) is 5.75 Å². The summed E-state index contributed by atoms with van der Waals surface area (Å²) in [6.45, 7) is 4.25. The third kappa shape index (κ3) is 2.83. The van der Waals surface area contributed by atoms with Crippen molar-refractivity contribution in [1.29, 1.82) is 0 Å². The molecule has 2 atom stereocenters. The van der Waals surface area contributed by atoms with Crippen molar-refractivity contribution in [2.75, 3.05) is 12.9 Å². The normalized spacial score (nSPS) is 25.1. The number of aliphatic hydroxyl groups excluding tert-OH is 1. The topological polar surface area (TPSA) is 29.5 Å². The van der Waals surface area contributed by atoms with Crippen molar-refractivity contribution in [3.63, 3.8) is 0 Å². The van der Waals surface area contributed by atoms with Gasteiger partial charge in [-0.15, -0.1) is 0 Å². The van der Waals surface area contributed by atoms with Crippen molar-refractivity contribution in [2.24, 2.45) is 0 Å². The standard InChI is InChI=1S/C15H22O2S/c1-11-5-6-13(17-3)12(9-11)10-14(16)15(2)7-4-8-18-15/h5-6,9,14,16H,4,7-8,10H2,1-3H3. The van der Waals surface area contributed by atoms with Gasteiger partial charge in [-0.3, -0.25) is 0 Å². The van der Waals surface area contributed by atoms with Crippen molar-refractivity contribution >= 4 is 11.8 Å². The van der Waals surface area contributed by atoms with Crippen molar-refractivity contribution in [2.45, 2.75) is 44.0 Å². The van der Waals surface area contributed by atoms with Crippen molar-refractivity contribution in [3.05, 3.63) is 29.3 Å². The third-order valence-electron chi connectivity index (χ3n) is 3.80. The lowest BCUT2D eigenvalue weighted by Gasteiger charge is -2.29. The molecule has 3 heteroatoms. The van der Waals surface area contributed by atoms with E-state index in [1.165, 1.54) is 17.7 Å². The molecule has 0 aliphatic carbocycles. The highest BCUT2D eigenvalue weighted by Crippen LogP contribution is 2.41. The minimum atomic E-state index is -0.305. The number of hydrogen-bond donors (Lipinski definition) is 1. The number of thioether (sulfide) groups is 1. The molecule has 18 heavy (non-hydrogen) atoms. The van der Waals surface area contributed by atoms with Gasteiger partial charge in [0.25, 0.3) is 0 Å². The first kappa shape index (κ1) is 13.8. The van der Waals surface area contributed by atoms with Crippen LogP contribution in [0.5, 0.6) is 5.75 Å². The number of aryl methyl sites for hydroxylation is 1. The number of rotatable bonds is 4. The van der Waals surface area contributed by atoms with E-state index in [9.17, 15) is 5.11 Å². The maximum atomic E-state index is 10.5. The molecule has 1 fully saturated rings. The number of ether oxygens (including phenoxy) is 1. The molecule has 2 nitrogen and oxygen atoms in total. The molecular formula is C15H22O2S. The monoisotopic (exact) mass is 266 g/mol. The highest BCUT2D eigenvalue weighted by Gasteiger charge is 2.37. The Kier molecular flexibility index (Phi) is 4.23. The van der Waals surface area contributed by atoms with Crippen LogP contribution in [0.15, 0.2) is 18.2 Å². The van der Waals surface area contributed by atoms with Gasteiger partial charge in [0.1, 0.15) is 5.75 Å². The van der Waals surface area contributed by atoms with Crippen LogP contribution in [0.4, 0.5) is 0 Å². The Labute approximate surface area is 114 Å². The average molecular weight is 266 g/mol. The Morgan fingerprint density at radius 3 is 2.89 bits per heavy atom. The molecule has 1 aliphatic heterocycles. The molecule has 2 rings (SSSR count). The summed E-state index contributed by atoms with van der Waals surface area (Å²) in [4.78, 5) is 0. The molecule has 2 unspecified atom stereocenters. The first-order valence-corrected chi connectivity index (χ1v) is 7.49. The maximum Gasteiger partial charge on any atom is 0.122 e. The number of methoxy groups -OCH3 is 1. The van der Waals surface area contributed by atoms with Gasteiger partial charge in [-0.25, -0.2) is 0 Å². The molecule has 1 aromatic rings. The summed E-state index contributed by atoms with van der Waals surface area (Å²) in [5.41, 5.74) is 2.32. The largest absolute Gasteiger partial charge is 0.496 e. The first-order chi connectivity index (χ1) is 8.55. The van der Waals surface area contributed by atoms with Gasteiger partial charge in [0, 0.05) is 11.2 Å². The molecule has 0 aromatic heterocycles. The summed E-state index contributed by atoms with van der Waals surface area (Å²) in [5.74, 6) is 2.05. The fourth-order valence-electron chi connectivity index (χ4n) is 2.55. The molecule has 0 spiro atoms. The first-order valence-electron chi connectivity index (χ1n) is 6.51. The van der Waals surface area contributed by atoms with Gasteiger partial charge in [-0.05, 0) is 44.1 Å². The van der Waals surface area contributed by atoms with Crippen LogP contribution in [0, 0.1) is 6.92 Å². The van der Waals surface area contributed by atoms with Crippen molar-refractivity contribution < 1.29 is 9.84 Å². The van der Waals surface area contributed by atoms with E-state index < -0.39 is 0 Å². The van der Waals surface area contributed by atoms with Crippen molar-refractivity contribution in [1.82, 2.24) is 0 Å². The lowest BCUT2D eigenvalue weighted by atomic mass is 9.92. The second kappa shape index (κ2) is 5.54. The van der Waals surface area contributed by atoms with Gasteiger partial charge < -0.3 is 9.84 Å². The summed E-state index contributed by atoms with van der Waals surface area (Å²) in [6.07, 6.45) is 2.69. The molecule has 0 bridgehead atoms. The Morgan fingerprint density at radius 2 is 2.28 bits per heavy atom. The minimum Gasteiger partial charge on any atom is -0.496 e. The van der Waals surface area contributed by atoms with E-state index >= 15 is 0 Å². The maximum absolute atomic E-state index is 10.5. The predicted octanol–water partition coefficient (Wildman–Crippen LogP) is 3.19. The molecule has 1 saturated heterocycles. The molecule has 0 saturated carbocycles. The van der Waals surface area contributed by atoms with Gasteiger partial charge in [0.2, 0.25) is 0 Å². The predicted molar refractivity (Wildman–Crippen MR) is 77.5 cm³/mol. The second-order valence-electron chi connectivity index (χ2n) is 5.30. The van der Waals surface area contributed by atoms with Crippen LogP contribution < -0.4 is 4.74 Å². The van der Waals surface area contributed by atoms with Crippen LogP contribution in [0.2, 0.25) is 0 Å². The van der Waals surface area contributed by atoms with Crippen LogP contribution in [0.25, 0.3) is 0 Å². The summed E-state index contributed by atoms with van der Waals surface area (Å²) >= 11 is 1.90. The minimum absolute atomic E-state index is 0.00869. The van der Waals surface area contributed by atoms with E-state index in [2.05, 4.69) is 19.9 Å². The number of hydrogen-bond acceptors (Lipinski definition) is 3. The second-order valence-corrected chi connectivity index (χ2v) is 6.93. The zero-order chi connectivity index (χ0) is 13.2. The van der Waals surface area contributed by atoms with Gasteiger partial charge >= 0.3 is 0 Å². The Balaban J connectivity index is 2.15. The van der Waals surface area contributed by atoms with Crippen LogP contribution in [0.1, 0.15) is 30.9 Å². The van der Waals surface area contributed by atoms with Crippen LogP contribution in [-0.2, 0) is 6.42 Å². The molecule has 0 amide bonds. The van der Waals surface area contributed by atoms with E-state index in [1.807, 2.05) is 23.9 Å². The summed E-state index contributed by atoms with van der Waals surface area (Å²) < 4.78 is 5.39. The summed E-state index contributed by atoms with van der Waals surface area (Å²) in [5, 5.41) is 10.5. The van der Waals surface area contributed by atoms with Crippen LogP contribution in [0.3, 0.4) is 0 Å². The van der Waals surface area contributed by atoms with E-state index in [0.717, 1.165) is 17.7 Å². The van der Waals surface area contributed by atoms with E-state index in [4.69, 9.17) is 4.74 Å². The van der Waals surface area contributed by atoms with Crippen LogP contribution >= 0.6 is 11.8 Å². The van der Waals surface area contributed by atoms with Gasteiger partial charge in [0.05, 0.1) is 13.2 Å². The lowest BCUT2D eigenvalue weighted by molar-refractivity contribution is 0.132. The molecule has 1 aliphatic rings. The SMILES string of the molecule is COc1ccc(C)cc1CC(O)C1(C)CCCS1. The van der Waals surface area contributed by atoms with Crippen LogP contribution in [-0.4, -0.2) is 28.8 Å². The van der Waals surface area contributed by atoms with E-state index in [1.54, 1.807) is 7.11 Å². The lowest BCUT2D eigenvalue weighted by Crippen LogP contribution is -2.35. The Bertz CT molecular complexity index is 411. The van der Waals surface area contributed by atoms with E-state index in [0.29, 0.717) is 6.42 Å². The zero-order valence-electron chi connectivity index (χ0n) is 11.4. The van der Waals surface area contributed by atoms with E-state index in [-0.39, 0.29) is 10.9 Å². The summed E-state index contributed by atoms with van der Waals surface area (Å²) in [7, 11) is 1.69. The zero-order valence-corrected chi connectivity index (χ0v) is 12.2. The molecule has 1 N–H and O–H groups in total. The summed E-state index contributed by atoms with van der Waals surface area (Å²) in [6, 6.07) is 6.15. The molecule has 1 heterocycles. The third-order valence-corrected chi connectivity index (χ3v) is 5.43. The van der Waals surface area contributed by atoms with Gasteiger partial charge in [-0.1, -0.05) is 17.7 Å². The fraction of sp³-hybridized carbons (Fsp3) is 0.600. The average Bonchev–Trinajstić information content (AvgIpc) is 2.78. The molecule has 100 valence electrons. The highest BCUT2D eigenvalue weighted by atomic mass is 32.2. The van der Waals surface area contributed by atoms with Gasteiger partial charge in [-0.2, -0.15) is 11.8 Å². The molecule has 1 aromatic carbocycles. The Hall–Kier alpha value is -0.670.